The van der Waals surface area contributed by atoms with Crippen LogP contribution in [0.3, 0.4) is 0 Å². The van der Waals surface area contributed by atoms with Crippen LogP contribution in [0, 0.1) is 0 Å². The normalized spacial score (nSPS) is 13.7. The number of ether oxygens (including phenoxy) is 1. The number of hydrogen-bond donors (Lipinski definition) is 0. The fourth-order valence-electron chi connectivity index (χ4n) is 3.64. The van der Waals surface area contributed by atoms with Crippen LogP contribution < -0.4 is 4.46 Å². The summed E-state index contributed by atoms with van der Waals surface area (Å²) in [5, 5.41) is 0.326. The van der Waals surface area contributed by atoms with E-state index in [0.29, 0.717) is 10.8 Å². The Balaban J connectivity index is 2.00. The standard InChI is InChI=1S/C27H28O3SSe/c1-19(31-3)22-16-10-11-17-25(22)32-26(27(29)30-2)23(20-12-6-4-7-13-20)18-24(28)21-14-8-5-9-15-21/h4-17,19,23,26H,18H2,1-3H3/t19-,23+,26-/m0/s1. The molecule has 166 valence electrons. The summed E-state index contributed by atoms with van der Waals surface area (Å²) >= 11 is 1.58. The van der Waals surface area contributed by atoms with Crippen molar-refractivity contribution >= 4 is 42.9 Å². The zero-order chi connectivity index (χ0) is 22.9. The molecule has 3 atom stereocenters. The number of hydrogen-bond acceptors (Lipinski definition) is 4. The second-order valence-electron chi connectivity index (χ2n) is 7.49. The molecule has 5 heteroatoms. The van der Waals surface area contributed by atoms with Gasteiger partial charge in [0.15, 0.2) is 0 Å². The van der Waals surface area contributed by atoms with Crippen LogP contribution in [0.15, 0.2) is 84.9 Å². The van der Waals surface area contributed by atoms with Crippen LogP contribution in [0.4, 0.5) is 0 Å². The van der Waals surface area contributed by atoms with Crippen LogP contribution in [0.2, 0.25) is 4.82 Å². The van der Waals surface area contributed by atoms with Gasteiger partial charge < -0.3 is 0 Å². The summed E-state index contributed by atoms with van der Waals surface area (Å²) in [6, 6.07) is 27.5. The molecule has 0 spiro atoms. The quantitative estimate of drug-likeness (QED) is 0.206. The Morgan fingerprint density at radius 2 is 1.50 bits per heavy atom. The van der Waals surface area contributed by atoms with Crippen LogP contribution in [0.25, 0.3) is 0 Å². The van der Waals surface area contributed by atoms with Crippen LogP contribution in [0.1, 0.15) is 46.0 Å². The minimum absolute atomic E-state index is 0.0370. The predicted octanol–water partition coefficient (Wildman–Crippen LogP) is 5.46. The third-order valence-corrected chi connectivity index (χ3v) is 9.39. The predicted molar refractivity (Wildman–Crippen MR) is 134 cm³/mol. The van der Waals surface area contributed by atoms with Gasteiger partial charge in [-0.05, 0) is 0 Å². The van der Waals surface area contributed by atoms with E-state index in [0.717, 1.165) is 5.56 Å². The van der Waals surface area contributed by atoms with Gasteiger partial charge in [0.2, 0.25) is 0 Å². The van der Waals surface area contributed by atoms with Crippen molar-refractivity contribution in [3.63, 3.8) is 0 Å². The number of carbonyl (C=O) groups excluding carboxylic acids is 2. The first-order chi connectivity index (χ1) is 15.5. The fourth-order valence-corrected chi connectivity index (χ4v) is 7.25. The zero-order valence-corrected chi connectivity index (χ0v) is 21.1. The molecule has 0 heterocycles. The van der Waals surface area contributed by atoms with Crippen LogP contribution in [0.5, 0.6) is 0 Å². The molecule has 0 saturated heterocycles. The second-order valence-corrected chi connectivity index (χ2v) is 11.1. The van der Waals surface area contributed by atoms with Gasteiger partial charge in [0, 0.05) is 0 Å². The number of carbonyl (C=O) groups is 2. The molecule has 3 aromatic carbocycles. The van der Waals surface area contributed by atoms with Crippen LogP contribution in [-0.2, 0) is 9.53 Å². The first-order valence-electron chi connectivity index (χ1n) is 10.5. The Morgan fingerprint density at radius 3 is 2.12 bits per heavy atom. The Kier molecular flexibility index (Phi) is 9.16. The minimum atomic E-state index is -0.405. The summed E-state index contributed by atoms with van der Waals surface area (Å²) in [4.78, 5) is 25.8. The molecule has 0 bridgehead atoms. The Labute approximate surface area is 201 Å². The summed E-state index contributed by atoms with van der Waals surface area (Å²) in [5.41, 5.74) is 2.90. The molecule has 0 saturated carbocycles. The van der Waals surface area contributed by atoms with Crippen LogP contribution in [-0.4, -0.2) is 40.1 Å². The van der Waals surface area contributed by atoms with Crippen molar-refractivity contribution in [3.05, 3.63) is 102 Å². The molecule has 0 fully saturated rings. The van der Waals surface area contributed by atoms with E-state index in [4.69, 9.17) is 4.74 Å². The van der Waals surface area contributed by atoms with Crippen molar-refractivity contribution in [3.8, 4) is 0 Å². The van der Waals surface area contributed by atoms with Gasteiger partial charge >= 0.3 is 202 Å². The van der Waals surface area contributed by atoms with E-state index in [2.05, 4.69) is 25.3 Å². The average molecular weight is 512 g/mol. The molecule has 0 aromatic heterocycles. The van der Waals surface area contributed by atoms with Crippen molar-refractivity contribution in [1.82, 2.24) is 0 Å². The molecule has 3 aromatic rings. The molecule has 32 heavy (non-hydrogen) atoms. The van der Waals surface area contributed by atoms with Gasteiger partial charge in [-0.25, -0.2) is 0 Å². The summed E-state index contributed by atoms with van der Waals surface area (Å²) < 4.78 is 6.45. The van der Waals surface area contributed by atoms with Crippen LogP contribution >= 0.6 is 11.8 Å². The third kappa shape index (κ3) is 6.13. The van der Waals surface area contributed by atoms with Gasteiger partial charge in [-0.2, -0.15) is 0 Å². The van der Waals surface area contributed by atoms with E-state index < -0.39 is 4.82 Å². The van der Waals surface area contributed by atoms with Crippen molar-refractivity contribution in [2.24, 2.45) is 0 Å². The summed E-state index contributed by atoms with van der Waals surface area (Å²) in [7, 11) is 1.43. The number of methoxy groups -OCH3 is 1. The molecule has 0 radical (unpaired) electrons. The molecule has 3 nitrogen and oxygen atoms in total. The number of rotatable bonds is 10. The topological polar surface area (TPSA) is 43.4 Å². The van der Waals surface area contributed by atoms with Crippen molar-refractivity contribution < 1.29 is 14.3 Å². The summed E-state index contributed by atoms with van der Waals surface area (Å²) in [5.74, 6) is -0.477. The van der Waals surface area contributed by atoms with E-state index in [1.165, 1.54) is 17.1 Å². The van der Waals surface area contributed by atoms with Gasteiger partial charge in [0.05, 0.1) is 0 Å². The summed E-state index contributed by atoms with van der Waals surface area (Å²) in [6.07, 6.45) is 2.35. The average Bonchev–Trinajstić information content (AvgIpc) is 2.86. The van der Waals surface area contributed by atoms with E-state index in [1.807, 2.05) is 72.8 Å². The molecular formula is C27H28O3SSe. The van der Waals surface area contributed by atoms with E-state index in [-0.39, 0.29) is 39.0 Å². The van der Waals surface area contributed by atoms with Crippen molar-refractivity contribution in [2.75, 3.05) is 13.4 Å². The number of Topliss-reactive ketones (excluding diaryl/α,β-unsaturated/α-hetero) is 1. The zero-order valence-electron chi connectivity index (χ0n) is 18.6. The number of benzene rings is 3. The monoisotopic (exact) mass is 512 g/mol. The molecule has 0 unspecified atom stereocenters. The first kappa shape index (κ1) is 24.3. The number of ketones is 1. The molecule has 3 rings (SSSR count). The Morgan fingerprint density at radius 1 is 0.906 bits per heavy atom. The molecular weight excluding hydrogens is 483 g/mol. The van der Waals surface area contributed by atoms with Crippen molar-refractivity contribution in [1.29, 1.82) is 0 Å². The van der Waals surface area contributed by atoms with Gasteiger partial charge in [-0.1, -0.05) is 0 Å². The van der Waals surface area contributed by atoms with Gasteiger partial charge in [0.25, 0.3) is 0 Å². The van der Waals surface area contributed by atoms with Crippen molar-refractivity contribution in [2.45, 2.75) is 29.3 Å². The molecule has 0 aliphatic carbocycles. The van der Waals surface area contributed by atoms with E-state index in [9.17, 15) is 9.59 Å². The SMILES string of the molecule is COC(=O)[C@@H]([Se]c1ccccc1[C@H](C)SC)[C@H](CC(=O)c1ccccc1)c1ccccc1. The van der Waals surface area contributed by atoms with Gasteiger partial charge in [0.1, 0.15) is 0 Å². The molecule has 0 aliphatic heterocycles. The number of thioether (sulfide) groups is 1. The van der Waals surface area contributed by atoms with E-state index in [1.54, 1.807) is 11.8 Å². The van der Waals surface area contributed by atoms with Gasteiger partial charge in [-0.3, -0.25) is 0 Å². The Hall–Kier alpha value is -2.33. The molecule has 0 aliphatic rings. The molecule has 0 N–H and O–H groups in total. The maximum atomic E-state index is 13.2. The first-order valence-corrected chi connectivity index (χ1v) is 13.7. The van der Waals surface area contributed by atoms with E-state index >= 15 is 0 Å². The number of esters is 1. The molecule has 0 amide bonds. The summed E-state index contributed by atoms with van der Waals surface area (Å²) in [6.45, 7) is 2.18. The second kappa shape index (κ2) is 12.1. The Bertz CT molecular complexity index is 1020. The maximum absolute atomic E-state index is 13.2. The third-order valence-electron chi connectivity index (χ3n) is 5.49. The van der Waals surface area contributed by atoms with Gasteiger partial charge in [-0.15, -0.1) is 0 Å². The fraction of sp³-hybridized carbons (Fsp3) is 0.259.